The van der Waals surface area contributed by atoms with E-state index in [0.717, 1.165) is 57.8 Å². The van der Waals surface area contributed by atoms with Gasteiger partial charge in [0.2, 0.25) is 5.91 Å². The standard InChI is InChI=1S/C58H103NO5/c1-4-7-10-13-16-19-22-24-26-28-29-31-33-36-39-42-45-48-51-58(63)64-54(49-46-43-40-37-34-21-18-15-12-9-6-3)52-57(62)59-55(53-60)56(61)50-47-44-41-38-35-32-30-27-25-23-20-17-14-11-8-5-2/h9,12,15,18,21,29,31,34,37,40,43,46,54-56,60-61H,4-8,10-11,13-14,16-17,19-20,22-28,30,32-33,35-36,38-39,41-42,44-45,47-53H2,1-3H3,(H,59,62)/b12-9+,18-15+,31-29+,34-21-,40-37-,46-43+. The summed E-state index contributed by atoms with van der Waals surface area (Å²) in [4.78, 5) is 26.1. The highest BCUT2D eigenvalue weighted by Crippen LogP contribution is 2.17. The van der Waals surface area contributed by atoms with Crippen LogP contribution in [0, 0.1) is 0 Å². The average Bonchev–Trinajstić information content (AvgIpc) is 3.29. The van der Waals surface area contributed by atoms with Gasteiger partial charge in [0, 0.05) is 12.8 Å². The summed E-state index contributed by atoms with van der Waals surface area (Å²) < 4.78 is 5.85. The normalized spacial score (nSPS) is 13.8. The summed E-state index contributed by atoms with van der Waals surface area (Å²) in [7, 11) is 0. The second kappa shape index (κ2) is 51.3. The topological polar surface area (TPSA) is 95.9 Å². The van der Waals surface area contributed by atoms with E-state index in [9.17, 15) is 19.8 Å². The quantitative estimate of drug-likeness (QED) is 0.0245. The fourth-order valence-corrected chi connectivity index (χ4v) is 8.04. The molecule has 6 nitrogen and oxygen atoms in total. The molecule has 0 saturated carbocycles. The van der Waals surface area contributed by atoms with E-state index in [2.05, 4.69) is 44.3 Å². The molecular weight excluding hydrogens is 791 g/mol. The van der Waals surface area contributed by atoms with Crippen molar-refractivity contribution in [1.82, 2.24) is 5.32 Å². The van der Waals surface area contributed by atoms with Crippen LogP contribution in [0.1, 0.15) is 258 Å². The summed E-state index contributed by atoms with van der Waals surface area (Å²) in [6.45, 7) is 6.31. The van der Waals surface area contributed by atoms with E-state index in [0.29, 0.717) is 19.3 Å². The van der Waals surface area contributed by atoms with Crippen LogP contribution in [0.2, 0.25) is 0 Å². The smallest absolute Gasteiger partial charge is 0.306 e. The molecule has 1 amide bonds. The molecule has 0 aliphatic heterocycles. The Morgan fingerprint density at radius 3 is 1.31 bits per heavy atom. The molecule has 0 fully saturated rings. The van der Waals surface area contributed by atoms with Crippen LogP contribution in [-0.4, -0.2) is 46.9 Å². The van der Waals surface area contributed by atoms with Crippen molar-refractivity contribution in [2.24, 2.45) is 0 Å². The zero-order valence-corrected chi connectivity index (χ0v) is 42.1. The molecule has 0 aliphatic rings. The van der Waals surface area contributed by atoms with Gasteiger partial charge in [-0.2, -0.15) is 0 Å². The summed E-state index contributed by atoms with van der Waals surface area (Å²) in [5.41, 5.74) is 0. The summed E-state index contributed by atoms with van der Waals surface area (Å²) in [5, 5.41) is 23.7. The van der Waals surface area contributed by atoms with E-state index in [-0.39, 0.29) is 24.9 Å². The molecule has 0 bridgehead atoms. The maximum Gasteiger partial charge on any atom is 0.306 e. The third-order valence-electron chi connectivity index (χ3n) is 12.1. The average molecular weight is 894 g/mol. The first-order valence-corrected chi connectivity index (χ1v) is 27.2. The highest BCUT2D eigenvalue weighted by atomic mass is 16.5. The lowest BCUT2D eigenvalue weighted by Gasteiger charge is -2.24. The van der Waals surface area contributed by atoms with Gasteiger partial charge in [0.05, 0.1) is 25.2 Å². The van der Waals surface area contributed by atoms with Crippen molar-refractivity contribution >= 4 is 11.9 Å². The summed E-state index contributed by atoms with van der Waals surface area (Å²) in [6, 6.07) is -0.743. The van der Waals surface area contributed by atoms with Gasteiger partial charge in [0.15, 0.2) is 0 Å². The van der Waals surface area contributed by atoms with E-state index in [1.165, 1.54) is 154 Å². The van der Waals surface area contributed by atoms with E-state index in [1.54, 1.807) is 0 Å². The molecule has 3 N–H and O–H groups in total. The number of unbranched alkanes of at least 4 members (excludes halogenated alkanes) is 29. The molecule has 6 heteroatoms. The van der Waals surface area contributed by atoms with Gasteiger partial charge in [-0.25, -0.2) is 0 Å². The predicted molar refractivity (Wildman–Crippen MR) is 278 cm³/mol. The Kier molecular flexibility index (Phi) is 49.1. The van der Waals surface area contributed by atoms with Crippen LogP contribution in [0.3, 0.4) is 0 Å². The molecule has 3 atom stereocenters. The maximum absolute atomic E-state index is 13.2. The maximum atomic E-state index is 13.2. The van der Waals surface area contributed by atoms with Crippen molar-refractivity contribution in [2.45, 2.75) is 277 Å². The first-order valence-electron chi connectivity index (χ1n) is 27.2. The molecule has 0 heterocycles. The Bertz CT molecular complexity index is 1190. The van der Waals surface area contributed by atoms with Gasteiger partial charge in [-0.15, -0.1) is 0 Å². The SMILES string of the molecule is CC/C=C/C=C/C=C\C=C/C=C/CC(CC(=O)NC(CO)C(O)CCCCCCCCCCCCCCCCCC)OC(=O)CCCCCCC/C=C/CCCCCCCCCCC. The number of hydrogen-bond donors (Lipinski definition) is 3. The van der Waals surface area contributed by atoms with Crippen LogP contribution in [0.15, 0.2) is 72.9 Å². The molecule has 0 spiro atoms. The Morgan fingerprint density at radius 2 is 0.875 bits per heavy atom. The number of carbonyl (C=O) groups is 2. The molecule has 0 aromatic carbocycles. The molecule has 0 aromatic rings. The van der Waals surface area contributed by atoms with Crippen molar-refractivity contribution < 1.29 is 24.5 Å². The van der Waals surface area contributed by atoms with Crippen molar-refractivity contribution in [2.75, 3.05) is 6.61 Å². The van der Waals surface area contributed by atoms with Crippen LogP contribution in [-0.2, 0) is 14.3 Å². The highest BCUT2D eigenvalue weighted by molar-refractivity contribution is 5.77. The van der Waals surface area contributed by atoms with Crippen LogP contribution in [0.4, 0.5) is 0 Å². The van der Waals surface area contributed by atoms with Gasteiger partial charge in [-0.1, -0.05) is 267 Å². The minimum Gasteiger partial charge on any atom is -0.461 e. The minimum atomic E-state index is -0.822. The number of aliphatic hydroxyl groups is 2. The Balaban J connectivity index is 4.57. The summed E-state index contributed by atoms with van der Waals surface area (Å²) >= 11 is 0. The lowest BCUT2D eigenvalue weighted by molar-refractivity contribution is -0.150. The Morgan fingerprint density at radius 1 is 0.484 bits per heavy atom. The van der Waals surface area contributed by atoms with E-state index >= 15 is 0 Å². The fourth-order valence-electron chi connectivity index (χ4n) is 8.04. The number of aliphatic hydroxyl groups excluding tert-OH is 2. The summed E-state index contributed by atoms with van der Waals surface area (Å²) in [6.07, 6.45) is 65.7. The van der Waals surface area contributed by atoms with E-state index in [1.807, 2.05) is 54.7 Å². The number of nitrogens with one attached hydrogen (secondary N) is 1. The zero-order valence-electron chi connectivity index (χ0n) is 42.1. The number of hydrogen-bond acceptors (Lipinski definition) is 5. The van der Waals surface area contributed by atoms with Crippen molar-refractivity contribution in [1.29, 1.82) is 0 Å². The van der Waals surface area contributed by atoms with Gasteiger partial charge in [0.25, 0.3) is 0 Å². The second-order valence-electron chi connectivity index (χ2n) is 18.4. The fraction of sp³-hybridized carbons (Fsp3) is 0.759. The zero-order chi connectivity index (χ0) is 46.7. The van der Waals surface area contributed by atoms with Crippen LogP contribution >= 0.6 is 0 Å². The first kappa shape index (κ1) is 61.3. The number of rotatable bonds is 48. The van der Waals surface area contributed by atoms with Gasteiger partial charge in [-0.3, -0.25) is 9.59 Å². The van der Waals surface area contributed by atoms with Crippen molar-refractivity contribution in [3.8, 4) is 0 Å². The summed E-state index contributed by atoms with van der Waals surface area (Å²) in [5.74, 6) is -0.615. The predicted octanol–water partition coefficient (Wildman–Crippen LogP) is 16.6. The highest BCUT2D eigenvalue weighted by Gasteiger charge is 2.23. The minimum absolute atomic E-state index is 0.0231. The van der Waals surface area contributed by atoms with Crippen molar-refractivity contribution in [3.63, 3.8) is 0 Å². The third kappa shape index (κ3) is 45.9. The van der Waals surface area contributed by atoms with E-state index in [4.69, 9.17) is 4.74 Å². The third-order valence-corrected chi connectivity index (χ3v) is 12.1. The molecule has 0 aromatic heterocycles. The van der Waals surface area contributed by atoms with Gasteiger partial charge in [-0.05, 0) is 44.9 Å². The van der Waals surface area contributed by atoms with Crippen LogP contribution in [0.5, 0.6) is 0 Å². The molecule has 0 aliphatic carbocycles. The van der Waals surface area contributed by atoms with Crippen molar-refractivity contribution in [3.05, 3.63) is 72.9 Å². The molecule has 3 unspecified atom stereocenters. The molecular formula is C58H103NO5. The van der Waals surface area contributed by atoms with Gasteiger partial charge < -0.3 is 20.3 Å². The lowest BCUT2D eigenvalue weighted by atomic mass is 10.0. The monoisotopic (exact) mass is 894 g/mol. The number of carbonyl (C=O) groups excluding carboxylic acids is 2. The van der Waals surface area contributed by atoms with Crippen LogP contribution < -0.4 is 5.32 Å². The van der Waals surface area contributed by atoms with Gasteiger partial charge >= 0.3 is 5.97 Å². The number of esters is 1. The largest absolute Gasteiger partial charge is 0.461 e. The Labute approximate surface area is 396 Å². The second-order valence-corrected chi connectivity index (χ2v) is 18.4. The first-order chi connectivity index (χ1) is 31.5. The molecule has 0 rings (SSSR count). The number of ether oxygens (including phenoxy) is 1. The van der Waals surface area contributed by atoms with E-state index < -0.39 is 18.2 Å². The number of amides is 1. The molecule has 0 radical (unpaired) electrons. The Hall–Kier alpha value is -2.70. The molecule has 0 saturated heterocycles. The lowest BCUT2D eigenvalue weighted by Crippen LogP contribution is -2.46. The molecule has 370 valence electrons. The van der Waals surface area contributed by atoms with Crippen LogP contribution in [0.25, 0.3) is 0 Å². The number of allylic oxidation sites excluding steroid dienone is 11. The molecule has 64 heavy (non-hydrogen) atoms. The van der Waals surface area contributed by atoms with Gasteiger partial charge in [0.1, 0.15) is 6.10 Å².